The number of sulfone groups is 1. The normalized spacial score (nSPS) is 12.2. The maximum atomic E-state index is 12.1. The smallest absolute Gasteiger partial charge is 0.306 e. The summed E-state index contributed by atoms with van der Waals surface area (Å²) in [5.41, 5.74) is 0.660. The molecule has 0 N–H and O–H groups in total. The Bertz CT molecular complexity index is 558. The molecule has 0 aliphatic rings. The van der Waals surface area contributed by atoms with Gasteiger partial charge in [0.25, 0.3) is 0 Å². The summed E-state index contributed by atoms with van der Waals surface area (Å²) in [4.78, 5) is 15.1. The highest BCUT2D eigenvalue weighted by molar-refractivity contribution is 7.91. The molecular weight excluding hydrogens is 266 g/mol. The Morgan fingerprint density at radius 2 is 1.95 bits per heavy atom. The van der Waals surface area contributed by atoms with E-state index in [4.69, 9.17) is 0 Å². The lowest BCUT2D eigenvalue weighted by molar-refractivity contribution is -0.140. The van der Waals surface area contributed by atoms with E-state index in [9.17, 15) is 13.2 Å². The fourth-order valence-corrected chi connectivity index (χ4v) is 2.64. The van der Waals surface area contributed by atoms with Gasteiger partial charge in [-0.3, -0.25) is 9.78 Å². The van der Waals surface area contributed by atoms with Gasteiger partial charge in [0.2, 0.25) is 0 Å². The minimum Gasteiger partial charge on any atom is -0.469 e. The van der Waals surface area contributed by atoms with Gasteiger partial charge < -0.3 is 4.74 Å². The Balaban J connectivity index is 2.99. The largest absolute Gasteiger partial charge is 0.469 e. The highest BCUT2D eigenvalue weighted by atomic mass is 32.2. The van der Waals surface area contributed by atoms with Crippen LogP contribution in [-0.4, -0.2) is 32.2 Å². The van der Waals surface area contributed by atoms with Crippen molar-refractivity contribution in [3.05, 3.63) is 24.0 Å². The molecular formula is C13H19NO4S. The zero-order valence-corrected chi connectivity index (χ0v) is 12.5. The van der Waals surface area contributed by atoms with Crippen LogP contribution in [0.25, 0.3) is 0 Å². The summed E-state index contributed by atoms with van der Waals surface area (Å²) in [6.45, 7) is 5.94. The molecule has 0 saturated heterocycles. The van der Waals surface area contributed by atoms with Crippen molar-refractivity contribution in [2.24, 2.45) is 0 Å². The molecule has 1 heterocycles. The third kappa shape index (κ3) is 4.31. The molecule has 0 aliphatic carbocycles. The first-order valence-corrected chi connectivity index (χ1v) is 7.57. The Labute approximate surface area is 113 Å². The highest BCUT2D eigenvalue weighted by Gasteiger charge is 2.21. The number of carbonyl (C=O) groups excluding carboxylic acids is 1. The summed E-state index contributed by atoms with van der Waals surface area (Å²) in [5.74, 6) is -0.807. The van der Waals surface area contributed by atoms with Gasteiger partial charge in [0, 0.05) is 12.4 Å². The first kappa shape index (κ1) is 15.6. The van der Waals surface area contributed by atoms with Gasteiger partial charge in [0.1, 0.15) is 0 Å². The van der Waals surface area contributed by atoms with E-state index < -0.39 is 15.8 Å². The van der Waals surface area contributed by atoms with Crippen LogP contribution >= 0.6 is 0 Å². The maximum absolute atomic E-state index is 12.1. The van der Waals surface area contributed by atoms with E-state index in [0.717, 1.165) is 5.56 Å². The van der Waals surface area contributed by atoms with Gasteiger partial charge in [-0.05, 0) is 17.0 Å². The Kier molecular flexibility index (Phi) is 4.68. The van der Waals surface area contributed by atoms with Crippen LogP contribution in [0.3, 0.4) is 0 Å². The maximum Gasteiger partial charge on any atom is 0.306 e. The number of rotatable bonds is 4. The molecule has 0 aromatic carbocycles. The number of hydrogen-bond acceptors (Lipinski definition) is 5. The number of ether oxygens (including phenoxy) is 1. The van der Waals surface area contributed by atoms with Crippen LogP contribution in [0.15, 0.2) is 23.4 Å². The Hall–Kier alpha value is -1.43. The molecule has 0 saturated carbocycles. The van der Waals surface area contributed by atoms with Crippen LogP contribution in [-0.2, 0) is 24.8 Å². The topological polar surface area (TPSA) is 73.3 Å². The third-order valence-electron chi connectivity index (χ3n) is 2.74. The van der Waals surface area contributed by atoms with Crippen molar-refractivity contribution in [3.63, 3.8) is 0 Å². The summed E-state index contributed by atoms with van der Waals surface area (Å²) in [5, 5.41) is 0. The second-order valence-corrected chi connectivity index (χ2v) is 7.41. The van der Waals surface area contributed by atoms with Crippen LogP contribution in [0.5, 0.6) is 0 Å². The van der Waals surface area contributed by atoms with Gasteiger partial charge in [0.15, 0.2) is 9.84 Å². The predicted octanol–water partition coefficient (Wildman–Crippen LogP) is 1.72. The summed E-state index contributed by atoms with van der Waals surface area (Å²) in [6, 6.07) is 1.61. The minimum atomic E-state index is -3.51. The number of methoxy groups -OCH3 is 1. The van der Waals surface area contributed by atoms with Gasteiger partial charge in [-0.2, -0.15) is 0 Å². The van der Waals surface area contributed by atoms with Crippen molar-refractivity contribution < 1.29 is 17.9 Å². The van der Waals surface area contributed by atoms with Gasteiger partial charge in [-0.1, -0.05) is 20.8 Å². The van der Waals surface area contributed by atoms with Gasteiger partial charge in [0.05, 0.1) is 24.2 Å². The summed E-state index contributed by atoms with van der Waals surface area (Å²) in [7, 11) is -2.28. The van der Waals surface area contributed by atoms with Crippen LogP contribution in [0.4, 0.5) is 0 Å². The van der Waals surface area contributed by atoms with Crippen molar-refractivity contribution in [2.45, 2.75) is 37.5 Å². The highest BCUT2D eigenvalue weighted by Crippen LogP contribution is 2.24. The molecule has 0 atom stereocenters. The standard InChI is InChI=1S/C13H19NO4S/c1-13(2,3)10-7-11(9-14-8-10)19(16,17)6-5-12(15)18-4/h7-9H,5-6H2,1-4H3. The number of hydrogen-bond donors (Lipinski definition) is 0. The quantitative estimate of drug-likeness (QED) is 0.787. The van der Waals surface area contributed by atoms with E-state index in [1.807, 2.05) is 20.8 Å². The van der Waals surface area contributed by atoms with Crippen LogP contribution in [0, 0.1) is 0 Å². The molecule has 0 spiro atoms. The van der Waals surface area contributed by atoms with Gasteiger partial charge >= 0.3 is 5.97 Å². The van der Waals surface area contributed by atoms with Crippen LogP contribution in [0.2, 0.25) is 0 Å². The number of carbonyl (C=O) groups is 1. The first-order valence-electron chi connectivity index (χ1n) is 5.92. The Morgan fingerprint density at radius 1 is 1.32 bits per heavy atom. The number of aromatic nitrogens is 1. The lowest BCUT2D eigenvalue weighted by Crippen LogP contribution is -2.15. The lowest BCUT2D eigenvalue weighted by Gasteiger charge is -2.19. The fraction of sp³-hybridized carbons (Fsp3) is 0.538. The third-order valence-corrected chi connectivity index (χ3v) is 4.42. The molecule has 5 nitrogen and oxygen atoms in total. The van der Waals surface area contributed by atoms with Crippen molar-refractivity contribution in [1.82, 2.24) is 4.98 Å². The fourth-order valence-electron chi connectivity index (χ4n) is 1.44. The Morgan fingerprint density at radius 3 is 2.47 bits per heavy atom. The molecule has 0 aliphatic heterocycles. The second-order valence-electron chi connectivity index (χ2n) is 5.30. The van der Waals surface area contributed by atoms with E-state index in [0.29, 0.717) is 0 Å². The number of pyridine rings is 1. The van der Waals surface area contributed by atoms with Crippen molar-refractivity contribution in [2.75, 3.05) is 12.9 Å². The molecule has 106 valence electrons. The summed E-state index contributed by atoms with van der Waals surface area (Å²) < 4.78 is 28.6. The van der Waals surface area contributed by atoms with Crippen LogP contribution < -0.4 is 0 Å². The average molecular weight is 285 g/mol. The molecule has 19 heavy (non-hydrogen) atoms. The molecule has 1 aromatic rings. The van der Waals surface area contributed by atoms with E-state index in [1.54, 1.807) is 12.3 Å². The van der Waals surface area contributed by atoms with E-state index in [-0.39, 0.29) is 22.5 Å². The summed E-state index contributed by atoms with van der Waals surface area (Å²) >= 11 is 0. The molecule has 6 heteroatoms. The van der Waals surface area contributed by atoms with E-state index in [2.05, 4.69) is 9.72 Å². The molecule has 0 bridgehead atoms. The van der Waals surface area contributed by atoms with Gasteiger partial charge in [-0.25, -0.2) is 8.42 Å². The average Bonchev–Trinajstić information content (AvgIpc) is 2.35. The number of nitrogens with zero attached hydrogens (tertiary/aromatic N) is 1. The zero-order valence-electron chi connectivity index (χ0n) is 11.6. The first-order chi connectivity index (χ1) is 8.66. The van der Waals surface area contributed by atoms with E-state index >= 15 is 0 Å². The van der Waals surface area contributed by atoms with Gasteiger partial charge in [-0.15, -0.1) is 0 Å². The van der Waals surface area contributed by atoms with Crippen molar-refractivity contribution in [3.8, 4) is 0 Å². The van der Waals surface area contributed by atoms with Crippen molar-refractivity contribution in [1.29, 1.82) is 0 Å². The zero-order chi connectivity index (χ0) is 14.7. The minimum absolute atomic E-state index is 0.142. The molecule has 0 radical (unpaired) electrons. The molecule has 0 unspecified atom stereocenters. The van der Waals surface area contributed by atoms with Crippen molar-refractivity contribution >= 4 is 15.8 Å². The van der Waals surface area contributed by atoms with E-state index in [1.165, 1.54) is 13.3 Å². The lowest BCUT2D eigenvalue weighted by atomic mass is 9.88. The monoisotopic (exact) mass is 285 g/mol. The molecule has 1 aromatic heterocycles. The second kappa shape index (κ2) is 5.69. The summed E-state index contributed by atoms with van der Waals surface area (Å²) in [6.07, 6.45) is 2.81. The molecule has 1 rings (SSSR count). The SMILES string of the molecule is COC(=O)CCS(=O)(=O)c1cncc(C(C)(C)C)c1. The molecule has 0 amide bonds. The van der Waals surface area contributed by atoms with Crippen LogP contribution in [0.1, 0.15) is 32.8 Å². The number of esters is 1. The molecule has 0 fully saturated rings. The predicted molar refractivity (Wildman–Crippen MR) is 71.6 cm³/mol.